The summed E-state index contributed by atoms with van der Waals surface area (Å²) in [6, 6.07) is 5.81. The molecule has 0 saturated carbocycles. The van der Waals surface area contributed by atoms with Crippen molar-refractivity contribution in [3.8, 4) is 5.75 Å². The first kappa shape index (κ1) is 24.7. The molecular weight excluding hydrogens is 310 g/mol. The normalized spacial score (nSPS) is 7.63. The van der Waals surface area contributed by atoms with Crippen LogP contribution in [0.5, 0.6) is 5.75 Å². The van der Waals surface area contributed by atoms with Crippen LogP contribution in [0.1, 0.15) is 17.3 Å². The van der Waals surface area contributed by atoms with Gasteiger partial charge in [0.05, 0.1) is 5.97 Å². The molecule has 0 amide bonds. The Labute approximate surface area is 194 Å². The summed E-state index contributed by atoms with van der Waals surface area (Å²) in [6.45, 7) is 1.20. The Balaban J connectivity index is -0.000000379. The molecular formula is C10H8K2O7. The third-order valence-corrected chi connectivity index (χ3v) is 1.36. The number of carboxylic acid groups (broad SMARTS) is 3. The quantitative estimate of drug-likeness (QED) is 0.326. The molecule has 9 heteroatoms. The fraction of sp³-hybridized carbons (Fsp3) is 0.100. The second kappa shape index (κ2) is 13.7. The van der Waals surface area contributed by atoms with E-state index in [-0.39, 0.29) is 114 Å². The average molecular weight is 318 g/mol. The van der Waals surface area contributed by atoms with Crippen LogP contribution in [0.2, 0.25) is 0 Å². The van der Waals surface area contributed by atoms with Gasteiger partial charge >= 0.3 is 109 Å². The number of para-hydroxylation sites is 1. The van der Waals surface area contributed by atoms with Crippen LogP contribution in [0.15, 0.2) is 24.3 Å². The van der Waals surface area contributed by atoms with E-state index in [4.69, 9.17) is 15.0 Å². The molecule has 0 aliphatic heterocycles. The van der Waals surface area contributed by atoms with Crippen LogP contribution in [-0.4, -0.2) is 23.2 Å². The molecule has 0 aromatic heterocycles. The molecule has 0 saturated heterocycles. The van der Waals surface area contributed by atoms with E-state index in [1.54, 1.807) is 6.07 Å². The minimum Gasteiger partial charge on any atom is -0.565 e. The molecule has 0 radical (unpaired) electrons. The molecule has 7 nitrogen and oxygen atoms in total. The predicted molar refractivity (Wildman–Crippen MR) is 50.1 cm³/mol. The zero-order valence-corrected chi connectivity index (χ0v) is 17.0. The summed E-state index contributed by atoms with van der Waals surface area (Å²) >= 11 is 0. The van der Waals surface area contributed by atoms with Gasteiger partial charge in [-0.2, -0.15) is 0 Å². The number of carboxylic acids is 1. The molecule has 0 unspecified atom stereocenters. The van der Waals surface area contributed by atoms with Crippen LogP contribution < -0.4 is 118 Å². The smallest absolute Gasteiger partial charge is 0.565 e. The Morgan fingerprint density at radius 3 is 1.89 bits per heavy atom. The Hall–Kier alpha value is 0.703. The molecule has 1 aromatic rings. The zero-order chi connectivity index (χ0) is 13.4. The molecule has 1 aromatic carbocycles. The van der Waals surface area contributed by atoms with Crippen LogP contribution in [0, 0.1) is 0 Å². The van der Waals surface area contributed by atoms with Gasteiger partial charge in [-0.3, -0.25) is 4.79 Å². The second-order valence-corrected chi connectivity index (χ2v) is 2.64. The van der Waals surface area contributed by atoms with E-state index in [2.05, 4.69) is 4.74 Å². The van der Waals surface area contributed by atoms with Gasteiger partial charge in [0, 0.05) is 12.5 Å². The molecule has 0 atom stereocenters. The average Bonchev–Trinajstić information content (AvgIpc) is 2.16. The molecule has 1 rings (SSSR count). The Bertz CT molecular complexity index is 430. The first-order valence-electron chi connectivity index (χ1n) is 4.23. The Morgan fingerprint density at radius 2 is 1.53 bits per heavy atom. The van der Waals surface area contributed by atoms with E-state index in [0.29, 0.717) is 0 Å². The van der Waals surface area contributed by atoms with E-state index in [0.717, 1.165) is 0 Å². The van der Waals surface area contributed by atoms with Gasteiger partial charge in [0.1, 0.15) is 5.75 Å². The first-order valence-corrected chi connectivity index (χ1v) is 4.23. The summed E-state index contributed by atoms with van der Waals surface area (Å²) in [5.74, 6) is -1.92. The topological polar surface area (TPSA) is 127 Å². The van der Waals surface area contributed by atoms with Gasteiger partial charge in [-0.15, -0.1) is 0 Å². The summed E-state index contributed by atoms with van der Waals surface area (Å²) in [6.07, 6.45) is -2.08. The molecule has 0 aliphatic rings. The van der Waals surface area contributed by atoms with Crippen LogP contribution in [0.25, 0.3) is 0 Å². The molecule has 0 spiro atoms. The SMILES string of the molecule is CC(=O)Oc1ccccc1C(=O)[O-].O=C([O-])O.[K+].[K+]. The van der Waals surface area contributed by atoms with Crippen LogP contribution in [-0.2, 0) is 4.79 Å². The van der Waals surface area contributed by atoms with Crippen molar-refractivity contribution in [3.05, 3.63) is 29.8 Å². The van der Waals surface area contributed by atoms with Gasteiger partial charge in [0.25, 0.3) is 0 Å². The van der Waals surface area contributed by atoms with Gasteiger partial charge < -0.3 is 29.6 Å². The van der Waals surface area contributed by atoms with Crippen molar-refractivity contribution in [1.29, 1.82) is 0 Å². The van der Waals surface area contributed by atoms with E-state index >= 15 is 0 Å². The van der Waals surface area contributed by atoms with Crippen molar-refractivity contribution in [3.63, 3.8) is 0 Å². The molecule has 19 heavy (non-hydrogen) atoms. The number of esters is 1. The van der Waals surface area contributed by atoms with Crippen molar-refractivity contribution in [2.24, 2.45) is 0 Å². The largest absolute Gasteiger partial charge is 1.00 e. The standard InChI is InChI=1S/C9H8O4.CH2O3.2K/c1-6(10)13-8-5-3-2-4-7(8)9(11)12;2-1(3)4;;/h2-5H,1H3,(H,11,12);(H2,2,3,4);;/q;;2*+1/p-2. The van der Waals surface area contributed by atoms with Gasteiger partial charge in [-0.25, -0.2) is 0 Å². The minimum atomic E-state index is -2.08. The fourth-order valence-corrected chi connectivity index (χ4v) is 0.879. The molecule has 0 fully saturated rings. The van der Waals surface area contributed by atoms with Gasteiger partial charge in [0.15, 0.2) is 0 Å². The van der Waals surface area contributed by atoms with Crippen molar-refractivity contribution in [1.82, 2.24) is 0 Å². The first-order chi connectivity index (χ1) is 7.84. The molecule has 92 valence electrons. The Kier molecular flexibility index (Phi) is 17.8. The summed E-state index contributed by atoms with van der Waals surface area (Å²) in [7, 11) is 0. The van der Waals surface area contributed by atoms with Crippen LogP contribution in [0.3, 0.4) is 0 Å². The third kappa shape index (κ3) is 13.4. The summed E-state index contributed by atoms with van der Waals surface area (Å²) < 4.78 is 4.65. The molecule has 0 heterocycles. The number of carbonyl (C=O) groups is 3. The Morgan fingerprint density at radius 1 is 1.11 bits per heavy atom. The number of rotatable bonds is 2. The van der Waals surface area contributed by atoms with Crippen LogP contribution >= 0.6 is 0 Å². The monoisotopic (exact) mass is 318 g/mol. The molecule has 1 N–H and O–H groups in total. The summed E-state index contributed by atoms with van der Waals surface area (Å²) in [5, 5.41) is 25.8. The number of hydrogen-bond donors (Lipinski definition) is 1. The van der Waals surface area contributed by atoms with Crippen molar-refractivity contribution < 1.29 is 137 Å². The minimum absolute atomic E-state index is 0. The van der Waals surface area contributed by atoms with Gasteiger partial charge in [-0.05, 0) is 12.1 Å². The van der Waals surface area contributed by atoms with Gasteiger partial charge in [-0.1, -0.05) is 12.1 Å². The van der Waals surface area contributed by atoms with Crippen molar-refractivity contribution in [2.45, 2.75) is 6.92 Å². The number of hydrogen-bond acceptors (Lipinski definition) is 6. The van der Waals surface area contributed by atoms with Crippen molar-refractivity contribution in [2.75, 3.05) is 0 Å². The van der Waals surface area contributed by atoms with Gasteiger partial charge in [0.2, 0.25) is 6.16 Å². The number of ether oxygens (including phenoxy) is 1. The summed E-state index contributed by atoms with van der Waals surface area (Å²) in [4.78, 5) is 29.5. The maximum atomic E-state index is 10.6. The van der Waals surface area contributed by atoms with E-state index in [9.17, 15) is 14.7 Å². The number of aromatic carboxylic acids is 1. The van der Waals surface area contributed by atoms with Crippen molar-refractivity contribution >= 4 is 18.1 Å². The second-order valence-electron chi connectivity index (χ2n) is 2.64. The predicted octanol–water partition coefficient (Wildman–Crippen LogP) is -7.13. The number of benzene rings is 1. The number of carbonyl (C=O) groups excluding carboxylic acids is 2. The molecule has 0 aliphatic carbocycles. The summed E-state index contributed by atoms with van der Waals surface area (Å²) in [5.41, 5.74) is -0.127. The maximum Gasteiger partial charge on any atom is 1.00 e. The molecule has 0 bridgehead atoms. The fourth-order valence-electron chi connectivity index (χ4n) is 0.879. The van der Waals surface area contributed by atoms with Crippen LogP contribution in [0.4, 0.5) is 4.79 Å². The van der Waals surface area contributed by atoms with E-state index in [1.165, 1.54) is 25.1 Å². The zero-order valence-electron chi connectivity index (χ0n) is 10.7. The van der Waals surface area contributed by atoms with E-state index < -0.39 is 18.1 Å². The maximum absolute atomic E-state index is 10.6. The van der Waals surface area contributed by atoms with E-state index in [1.807, 2.05) is 0 Å². The third-order valence-electron chi connectivity index (χ3n) is 1.36.